The van der Waals surface area contributed by atoms with Crippen molar-refractivity contribution in [2.24, 2.45) is 0 Å². The Labute approximate surface area is 185 Å². The number of benzene rings is 3. The van der Waals surface area contributed by atoms with Crippen molar-refractivity contribution in [3.8, 4) is 0 Å². The number of hydrogen-bond donors (Lipinski definition) is 1. The van der Waals surface area contributed by atoms with Gasteiger partial charge in [-0.2, -0.15) is 0 Å². The van der Waals surface area contributed by atoms with Crippen LogP contribution in [0.4, 0.5) is 5.69 Å². The lowest BCUT2D eigenvalue weighted by Gasteiger charge is -2.09. The van der Waals surface area contributed by atoms with Crippen LogP contribution in [0, 0.1) is 0 Å². The largest absolute Gasteiger partial charge is 0.322 e. The highest BCUT2D eigenvalue weighted by Gasteiger charge is 2.19. The maximum atomic E-state index is 12.5. The number of carbonyl (C=O) groups is 1. The lowest BCUT2D eigenvalue weighted by molar-refractivity contribution is 0.102. The van der Waals surface area contributed by atoms with Crippen molar-refractivity contribution in [3.63, 3.8) is 0 Å². The van der Waals surface area contributed by atoms with Crippen molar-refractivity contribution < 1.29 is 13.2 Å². The minimum absolute atomic E-state index is 0.221. The first kappa shape index (κ1) is 21.2. The molecule has 0 bridgehead atoms. The average Bonchev–Trinajstić information content (AvgIpc) is 3.17. The number of rotatable bonds is 6. The average molecular weight is 451 g/mol. The van der Waals surface area contributed by atoms with Gasteiger partial charge in [-0.05, 0) is 67.9 Å². The SMILES string of the molecule is CC(C)S(=O)(=O)c1ccc(C(=O)Nc2ccc(Cc3nc4ccccc4s3)cc2)cc1. The van der Waals surface area contributed by atoms with Crippen molar-refractivity contribution >= 4 is 43.0 Å². The molecule has 1 amide bonds. The molecule has 3 aromatic carbocycles. The van der Waals surface area contributed by atoms with Crippen LogP contribution in [-0.4, -0.2) is 24.6 Å². The first-order valence-corrected chi connectivity index (χ1v) is 12.3. The zero-order valence-corrected chi connectivity index (χ0v) is 18.8. The summed E-state index contributed by atoms with van der Waals surface area (Å²) in [6.07, 6.45) is 0.735. The molecule has 31 heavy (non-hydrogen) atoms. The fraction of sp³-hybridized carbons (Fsp3) is 0.167. The van der Waals surface area contributed by atoms with Gasteiger partial charge in [0.1, 0.15) is 0 Å². The zero-order valence-electron chi connectivity index (χ0n) is 17.2. The molecule has 158 valence electrons. The molecule has 0 saturated carbocycles. The molecule has 4 aromatic rings. The van der Waals surface area contributed by atoms with Gasteiger partial charge in [0, 0.05) is 17.7 Å². The second-order valence-electron chi connectivity index (χ2n) is 7.52. The molecule has 0 fully saturated rings. The van der Waals surface area contributed by atoms with Gasteiger partial charge >= 0.3 is 0 Å². The molecule has 0 radical (unpaired) electrons. The first-order chi connectivity index (χ1) is 14.8. The maximum absolute atomic E-state index is 12.5. The lowest BCUT2D eigenvalue weighted by atomic mass is 10.1. The smallest absolute Gasteiger partial charge is 0.255 e. The summed E-state index contributed by atoms with van der Waals surface area (Å²) in [7, 11) is -3.35. The van der Waals surface area contributed by atoms with E-state index in [0.717, 1.165) is 22.5 Å². The minimum atomic E-state index is -3.35. The predicted molar refractivity (Wildman–Crippen MR) is 126 cm³/mol. The van der Waals surface area contributed by atoms with Gasteiger partial charge in [-0.1, -0.05) is 24.3 Å². The molecular formula is C24H22N2O3S2. The molecular weight excluding hydrogens is 428 g/mol. The number of aromatic nitrogens is 1. The molecule has 0 unspecified atom stereocenters. The van der Waals surface area contributed by atoms with E-state index in [2.05, 4.69) is 16.4 Å². The van der Waals surface area contributed by atoms with E-state index in [0.29, 0.717) is 11.3 Å². The molecule has 0 aliphatic heterocycles. The Balaban J connectivity index is 1.42. The summed E-state index contributed by atoms with van der Waals surface area (Å²) in [5, 5.41) is 3.39. The molecule has 1 aromatic heterocycles. The van der Waals surface area contributed by atoms with Gasteiger partial charge in [0.25, 0.3) is 5.91 Å². The molecule has 1 heterocycles. The van der Waals surface area contributed by atoms with Crippen molar-refractivity contribution in [2.75, 3.05) is 5.32 Å². The predicted octanol–water partition coefficient (Wildman–Crippen LogP) is 5.32. The van der Waals surface area contributed by atoms with Crippen LogP contribution < -0.4 is 5.32 Å². The normalized spacial score (nSPS) is 11.7. The van der Waals surface area contributed by atoms with E-state index < -0.39 is 15.1 Å². The number of fused-ring (bicyclic) bond motifs is 1. The quantitative estimate of drug-likeness (QED) is 0.431. The lowest BCUT2D eigenvalue weighted by Crippen LogP contribution is -2.15. The van der Waals surface area contributed by atoms with Gasteiger partial charge < -0.3 is 5.32 Å². The number of thiazole rings is 1. The Morgan fingerprint density at radius 1 is 0.968 bits per heavy atom. The van der Waals surface area contributed by atoms with Gasteiger partial charge in [0.2, 0.25) is 0 Å². The fourth-order valence-electron chi connectivity index (χ4n) is 3.15. The second kappa shape index (κ2) is 8.61. The monoisotopic (exact) mass is 450 g/mol. The summed E-state index contributed by atoms with van der Waals surface area (Å²) in [5.74, 6) is -0.285. The van der Waals surface area contributed by atoms with E-state index in [9.17, 15) is 13.2 Å². The summed E-state index contributed by atoms with van der Waals surface area (Å²) in [6, 6.07) is 21.8. The van der Waals surface area contributed by atoms with E-state index in [-0.39, 0.29) is 10.8 Å². The summed E-state index contributed by atoms with van der Waals surface area (Å²) >= 11 is 1.69. The van der Waals surface area contributed by atoms with E-state index in [1.54, 1.807) is 25.2 Å². The number of anilines is 1. The molecule has 5 nitrogen and oxygen atoms in total. The molecule has 0 aliphatic rings. The third kappa shape index (κ3) is 4.68. The van der Waals surface area contributed by atoms with Crippen LogP contribution in [-0.2, 0) is 16.3 Å². The van der Waals surface area contributed by atoms with Crippen LogP contribution in [0.25, 0.3) is 10.2 Å². The van der Waals surface area contributed by atoms with E-state index in [1.807, 2.05) is 42.5 Å². The fourth-order valence-corrected chi connectivity index (χ4v) is 5.21. The van der Waals surface area contributed by atoms with Crippen molar-refractivity contribution in [1.29, 1.82) is 0 Å². The Hall–Kier alpha value is -3.03. The molecule has 7 heteroatoms. The van der Waals surface area contributed by atoms with Gasteiger partial charge in [-0.25, -0.2) is 13.4 Å². The Kier molecular flexibility index (Phi) is 5.89. The molecule has 0 spiro atoms. The molecule has 0 saturated heterocycles. The summed E-state index contributed by atoms with van der Waals surface area (Å²) in [4.78, 5) is 17.4. The zero-order chi connectivity index (χ0) is 22.0. The van der Waals surface area contributed by atoms with Gasteiger partial charge in [-0.3, -0.25) is 4.79 Å². The minimum Gasteiger partial charge on any atom is -0.322 e. The van der Waals surface area contributed by atoms with E-state index in [4.69, 9.17) is 0 Å². The van der Waals surface area contributed by atoms with Crippen molar-refractivity contribution in [3.05, 3.63) is 88.9 Å². The number of nitrogens with zero attached hydrogens (tertiary/aromatic N) is 1. The topological polar surface area (TPSA) is 76.1 Å². The van der Waals surface area contributed by atoms with Crippen LogP contribution in [0.1, 0.15) is 34.8 Å². The second-order valence-corrected chi connectivity index (χ2v) is 11.1. The Bertz CT molecular complexity index is 1290. The number of sulfone groups is 1. The Morgan fingerprint density at radius 2 is 1.65 bits per heavy atom. The number of para-hydroxylation sites is 1. The maximum Gasteiger partial charge on any atom is 0.255 e. The third-order valence-electron chi connectivity index (χ3n) is 4.97. The summed E-state index contributed by atoms with van der Waals surface area (Å²) in [6.45, 7) is 3.27. The van der Waals surface area contributed by atoms with Crippen LogP contribution in [0.3, 0.4) is 0 Å². The highest BCUT2D eigenvalue weighted by atomic mass is 32.2. The standard InChI is InChI=1S/C24H22N2O3S2/c1-16(2)31(28,29)20-13-9-18(10-14-20)24(27)25-19-11-7-17(8-12-19)15-23-26-21-5-3-4-6-22(21)30-23/h3-14,16H,15H2,1-2H3,(H,25,27). The summed E-state index contributed by atoms with van der Waals surface area (Å²) in [5.41, 5.74) is 3.21. The third-order valence-corrected chi connectivity index (χ3v) is 8.18. The molecule has 0 aliphatic carbocycles. The van der Waals surface area contributed by atoms with Crippen LogP contribution in [0.15, 0.2) is 77.7 Å². The summed E-state index contributed by atoms with van der Waals surface area (Å²) < 4.78 is 25.6. The van der Waals surface area contributed by atoms with Crippen LogP contribution in [0.5, 0.6) is 0 Å². The first-order valence-electron chi connectivity index (χ1n) is 9.91. The Morgan fingerprint density at radius 3 is 2.29 bits per heavy atom. The molecule has 0 atom stereocenters. The van der Waals surface area contributed by atoms with Crippen molar-refractivity contribution in [1.82, 2.24) is 4.98 Å². The van der Waals surface area contributed by atoms with E-state index in [1.165, 1.54) is 29.0 Å². The van der Waals surface area contributed by atoms with Gasteiger partial charge in [0.15, 0.2) is 9.84 Å². The van der Waals surface area contributed by atoms with Crippen LogP contribution in [0.2, 0.25) is 0 Å². The van der Waals surface area contributed by atoms with Crippen molar-refractivity contribution in [2.45, 2.75) is 30.4 Å². The van der Waals surface area contributed by atoms with Gasteiger partial charge in [-0.15, -0.1) is 11.3 Å². The molecule has 1 N–H and O–H groups in total. The van der Waals surface area contributed by atoms with E-state index >= 15 is 0 Å². The highest BCUT2D eigenvalue weighted by molar-refractivity contribution is 7.92. The van der Waals surface area contributed by atoms with Gasteiger partial charge in [0.05, 0.1) is 25.4 Å². The van der Waals surface area contributed by atoms with Crippen LogP contribution >= 0.6 is 11.3 Å². The number of carbonyl (C=O) groups excluding carboxylic acids is 1. The molecule has 4 rings (SSSR count). The number of amides is 1. The number of nitrogens with one attached hydrogen (secondary N) is 1. The number of hydrogen-bond acceptors (Lipinski definition) is 5. The highest BCUT2D eigenvalue weighted by Crippen LogP contribution is 2.24.